The summed E-state index contributed by atoms with van der Waals surface area (Å²) in [4.78, 5) is 26.8. The van der Waals surface area contributed by atoms with E-state index in [1.165, 1.54) is 17.7 Å². The van der Waals surface area contributed by atoms with Crippen molar-refractivity contribution < 1.29 is 14.0 Å². The number of halogens is 1. The molecule has 5 rings (SSSR count). The van der Waals surface area contributed by atoms with Crippen LogP contribution < -0.4 is 10.6 Å². The van der Waals surface area contributed by atoms with Crippen molar-refractivity contribution in [3.63, 3.8) is 0 Å². The Hall–Kier alpha value is -4.01. The summed E-state index contributed by atoms with van der Waals surface area (Å²) in [5.74, 6) is -1.01. The van der Waals surface area contributed by atoms with Crippen LogP contribution in [0.25, 0.3) is 10.9 Å². The van der Waals surface area contributed by atoms with Gasteiger partial charge in [0.1, 0.15) is 11.9 Å². The van der Waals surface area contributed by atoms with Gasteiger partial charge in [-0.3, -0.25) is 19.4 Å². The maximum absolute atomic E-state index is 13.5. The summed E-state index contributed by atoms with van der Waals surface area (Å²) in [7, 11) is 0. The van der Waals surface area contributed by atoms with Gasteiger partial charge in [0.2, 0.25) is 5.91 Å². The van der Waals surface area contributed by atoms with Crippen LogP contribution in [0.1, 0.15) is 60.2 Å². The van der Waals surface area contributed by atoms with Crippen molar-refractivity contribution in [3.05, 3.63) is 82.6 Å². The monoisotopic (exact) mass is 502 g/mol. The Balaban J connectivity index is 1.36. The van der Waals surface area contributed by atoms with Crippen LogP contribution in [0, 0.1) is 11.2 Å². The number of amides is 2. The summed E-state index contributed by atoms with van der Waals surface area (Å²) >= 11 is 0. The average molecular weight is 503 g/mol. The Morgan fingerprint density at radius 2 is 1.86 bits per heavy atom. The first-order valence-electron chi connectivity index (χ1n) is 12.5. The highest BCUT2D eigenvalue weighted by Crippen LogP contribution is 2.25. The number of aromatic amines is 1. The largest absolute Gasteiger partial charge is 0.349 e. The molecule has 0 bridgehead atoms. The first kappa shape index (κ1) is 24.7. The normalized spacial score (nSPS) is 13.9. The number of aromatic nitrogens is 4. The minimum absolute atomic E-state index is 0.241. The third-order valence-corrected chi connectivity index (χ3v) is 6.84. The van der Waals surface area contributed by atoms with E-state index >= 15 is 0 Å². The molecular weight excluding hydrogens is 471 g/mol. The van der Waals surface area contributed by atoms with Gasteiger partial charge in [0.15, 0.2) is 5.69 Å². The van der Waals surface area contributed by atoms with Crippen LogP contribution in [0.2, 0.25) is 0 Å². The first-order valence-corrected chi connectivity index (χ1v) is 12.5. The Morgan fingerprint density at radius 1 is 1.11 bits per heavy atom. The van der Waals surface area contributed by atoms with Gasteiger partial charge in [-0.15, -0.1) is 0 Å². The summed E-state index contributed by atoms with van der Waals surface area (Å²) in [6.07, 6.45) is 3.04. The molecule has 9 heteroatoms. The molecule has 37 heavy (non-hydrogen) atoms. The summed E-state index contributed by atoms with van der Waals surface area (Å²) in [5, 5.41) is 18.6. The van der Waals surface area contributed by atoms with E-state index in [4.69, 9.17) is 0 Å². The van der Waals surface area contributed by atoms with Gasteiger partial charge < -0.3 is 10.6 Å². The average Bonchev–Trinajstić information content (AvgIpc) is 3.57. The smallest absolute Gasteiger partial charge is 0.273 e. The fourth-order valence-electron chi connectivity index (χ4n) is 4.86. The Bertz CT molecular complexity index is 1450. The number of carbonyl (C=O) groups excluding carboxylic acids is 2. The molecule has 4 aromatic rings. The van der Waals surface area contributed by atoms with Gasteiger partial charge in [-0.05, 0) is 54.0 Å². The SMILES string of the molecule is CC(C)(C)C(NC(=O)c1nn(Cc2ccc(F)cc2)c2ccccc12)C(=O)NCc1n[nH]c2c1CCC2. The second kappa shape index (κ2) is 9.80. The Morgan fingerprint density at radius 3 is 2.62 bits per heavy atom. The zero-order valence-corrected chi connectivity index (χ0v) is 21.3. The van der Waals surface area contributed by atoms with Crippen molar-refractivity contribution in [1.29, 1.82) is 0 Å². The van der Waals surface area contributed by atoms with Gasteiger partial charge in [-0.2, -0.15) is 10.2 Å². The number of H-pyrrole nitrogens is 1. The molecule has 1 aliphatic carbocycles. The predicted octanol–water partition coefficient (Wildman–Crippen LogP) is 3.90. The highest BCUT2D eigenvalue weighted by atomic mass is 19.1. The number of benzene rings is 2. The number of nitrogens with one attached hydrogen (secondary N) is 3. The predicted molar refractivity (Wildman–Crippen MR) is 138 cm³/mol. The van der Waals surface area contributed by atoms with Crippen LogP contribution >= 0.6 is 0 Å². The first-order chi connectivity index (χ1) is 17.7. The lowest BCUT2D eigenvalue weighted by Crippen LogP contribution is -2.53. The molecule has 1 atom stereocenters. The van der Waals surface area contributed by atoms with E-state index in [1.807, 2.05) is 45.0 Å². The molecule has 1 aliphatic rings. The second-order valence-corrected chi connectivity index (χ2v) is 10.6. The van der Waals surface area contributed by atoms with Crippen molar-refractivity contribution >= 4 is 22.7 Å². The van der Waals surface area contributed by atoms with Crippen LogP contribution in [-0.4, -0.2) is 37.8 Å². The van der Waals surface area contributed by atoms with Crippen LogP contribution in [0.4, 0.5) is 4.39 Å². The lowest BCUT2D eigenvalue weighted by atomic mass is 9.86. The molecule has 0 spiro atoms. The number of fused-ring (bicyclic) bond motifs is 2. The topological polar surface area (TPSA) is 105 Å². The Labute approximate surface area is 214 Å². The van der Waals surface area contributed by atoms with Crippen LogP contribution in [0.5, 0.6) is 0 Å². The fraction of sp³-hybridized carbons (Fsp3) is 0.357. The number of hydrogen-bond donors (Lipinski definition) is 3. The number of para-hydroxylation sites is 1. The van der Waals surface area contributed by atoms with E-state index in [2.05, 4.69) is 25.9 Å². The Kier molecular flexibility index (Phi) is 6.54. The lowest BCUT2D eigenvalue weighted by molar-refractivity contribution is -0.125. The van der Waals surface area contributed by atoms with Gasteiger partial charge in [0, 0.05) is 11.1 Å². The van der Waals surface area contributed by atoms with Gasteiger partial charge in [0.25, 0.3) is 5.91 Å². The third-order valence-electron chi connectivity index (χ3n) is 6.84. The molecule has 0 aliphatic heterocycles. The van der Waals surface area contributed by atoms with Crippen molar-refractivity contribution in [1.82, 2.24) is 30.6 Å². The summed E-state index contributed by atoms with van der Waals surface area (Å²) in [6, 6.07) is 12.9. The molecule has 8 nitrogen and oxygen atoms in total. The van der Waals surface area contributed by atoms with Gasteiger partial charge >= 0.3 is 0 Å². The quantitative estimate of drug-likeness (QED) is 0.357. The van der Waals surface area contributed by atoms with Gasteiger partial charge in [-0.1, -0.05) is 51.1 Å². The zero-order chi connectivity index (χ0) is 26.2. The highest BCUT2D eigenvalue weighted by molar-refractivity contribution is 6.06. The van der Waals surface area contributed by atoms with E-state index in [0.717, 1.165) is 41.7 Å². The number of aryl methyl sites for hydroxylation is 1. The fourth-order valence-corrected chi connectivity index (χ4v) is 4.86. The van der Waals surface area contributed by atoms with Crippen LogP contribution in [-0.2, 0) is 30.7 Å². The molecule has 2 heterocycles. The molecule has 0 saturated carbocycles. The minimum Gasteiger partial charge on any atom is -0.349 e. The minimum atomic E-state index is -0.784. The number of carbonyl (C=O) groups is 2. The molecule has 3 N–H and O–H groups in total. The lowest BCUT2D eigenvalue weighted by Gasteiger charge is -2.30. The standard InChI is InChI=1S/C28H31FN6O2/c1-28(2,3)25(27(37)30-15-22-19-8-6-9-21(19)32-33-22)31-26(36)24-20-7-4-5-10-23(20)35(34-24)16-17-11-13-18(29)14-12-17/h4-5,7,10-14,25H,6,8-9,15-16H2,1-3H3,(H,30,37)(H,31,36)(H,32,33). The van der Waals surface area contributed by atoms with E-state index in [9.17, 15) is 14.0 Å². The molecule has 0 saturated heterocycles. The number of hydrogen-bond acceptors (Lipinski definition) is 4. The molecule has 2 aromatic carbocycles. The van der Waals surface area contributed by atoms with Crippen molar-refractivity contribution in [2.24, 2.45) is 5.41 Å². The van der Waals surface area contributed by atoms with E-state index < -0.39 is 17.4 Å². The molecule has 2 amide bonds. The summed E-state index contributed by atoms with van der Waals surface area (Å²) in [6.45, 7) is 6.42. The second-order valence-electron chi connectivity index (χ2n) is 10.6. The van der Waals surface area contributed by atoms with E-state index in [1.54, 1.807) is 16.8 Å². The molecule has 1 unspecified atom stereocenters. The van der Waals surface area contributed by atoms with Crippen LogP contribution in [0.15, 0.2) is 48.5 Å². The molecule has 0 radical (unpaired) electrons. The van der Waals surface area contributed by atoms with E-state index in [0.29, 0.717) is 18.5 Å². The molecule has 192 valence electrons. The van der Waals surface area contributed by atoms with E-state index in [-0.39, 0.29) is 17.4 Å². The number of nitrogens with zero attached hydrogens (tertiary/aromatic N) is 3. The van der Waals surface area contributed by atoms with Crippen molar-refractivity contribution in [2.75, 3.05) is 0 Å². The molecular formula is C28H31FN6O2. The van der Waals surface area contributed by atoms with Gasteiger partial charge in [0.05, 0.1) is 24.3 Å². The molecule has 0 fully saturated rings. The van der Waals surface area contributed by atoms with Gasteiger partial charge in [-0.25, -0.2) is 4.39 Å². The van der Waals surface area contributed by atoms with Crippen molar-refractivity contribution in [2.45, 2.75) is 59.2 Å². The molecule has 2 aromatic heterocycles. The highest BCUT2D eigenvalue weighted by Gasteiger charge is 2.34. The van der Waals surface area contributed by atoms with Crippen LogP contribution in [0.3, 0.4) is 0 Å². The maximum Gasteiger partial charge on any atom is 0.273 e. The van der Waals surface area contributed by atoms with Crippen molar-refractivity contribution in [3.8, 4) is 0 Å². The summed E-state index contributed by atoms with van der Waals surface area (Å²) < 4.78 is 15.1. The number of rotatable bonds is 7. The third kappa shape index (κ3) is 5.12. The maximum atomic E-state index is 13.5. The summed E-state index contributed by atoms with van der Waals surface area (Å²) in [5.41, 5.74) is 4.53. The zero-order valence-electron chi connectivity index (χ0n) is 21.3.